The maximum atomic E-state index is 10.8. The highest BCUT2D eigenvalue weighted by atomic mass is 16.3. The molecule has 3 N–H and O–H groups in total. The Bertz CT molecular complexity index is 574. The highest BCUT2D eigenvalue weighted by molar-refractivity contribution is 5.93. The van der Waals surface area contributed by atoms with E-state index in [1.165, 1.54) is 26.3 Å². The molecule has 1 rings (SSSR count). The van der Waals surface area contributed by atoms with Crippen molar-refractivity contribution in [1.29, 1.82) is 0 Å². The third kappa shape index (κ3) is 5.35. The number of amides is 2. The smallest absolute Gasteiger partial charge is 0.236 e. The molecule has 0 aliphatic heterocycles. The van der Waals surface area contributed by atoms with Crippen LogP contribution in [0.3, 0.4) is 0 Å². The average molecular weight is 304 g/mol. The standard InChI is InChI=1S/C15H20N4O3/c1-9(2)12-5-13(7-16-18-10(3)20)15(22)14(6-12)8-17-19-11(4)21/h5-9,22H,1-4H3,(H,18,20)(H,19,21)/b16-7-,17-8+. The van der Waals surface area contributed by atoms with E-state index >= 15 is 0 Å². The average Bonchev–Trinajstić information content (AvgIpc) is 2.41. The summed E-state index contributed by atoms with van der Waals surface area (Å²) in [6.07, 6.45) is 2.72. The van der Waals surface area contributed by atoms with Gasteiger partial charge in [0.15, 0.2) is 0 Å². The maximum absolute atomic E-state index is 10.8. The van der Waals surface area contributed by atoms with Gasteiger partial charge in [0.1, 0.15) is 5.75 Å². The first kappa shape index (κ1) is 17.4. The van der Waals surface area contributed by atoms with E-state index < -0.39 is 0 Å². The fraction of sp³-hybridized carbons (Fsp3) is 0.333. The van der Waals surface area contributed by atoms with Crippen LogP contribution >= 0.6 is 0 Å². The number of rotatable bonds is 5. The molecule has 2 amide bonds. The van der Waals surface area contributed by atoms with E-state index in [2.05, 4.69) is 21.1 Å². The Hall–Kier alpha value is -2.70. The number of benzene rings is 1. The van der Waals surface area contributed by atoms with Gasteiger partial charge in [-0.3, -0.25) is 9.59 Å². The highest BCUT2D eigenvalue weighted by Crippen LogP contribution is 2.26. The molecule has 7 heteroatoms. The number of nitrogens with one attached hydrogen (secondary N) is 2. The van der Waals surface area contributed by atoms with Crippen LogP contribution in [-0.2, 0) is 9.59 Å². The van der Waals surface area contributed by atoms with Crippen molar-refractivity contribution in [3.8, 4) is 5.75 Å². The lowest BCUT2D eigenvalue weighted by atomic mass is 9.97. The lowest BCUT2D eigenvalue weighted by molar-refractivity contribution is -0.119. The van der Waals surface area contributed by atoms with Crippen LogP contribution in [0.5, 0.6) is 5.75 Å². The van der Waals surface area contributed by atoms with Crippen molar-refractivity contribution in [1.82, 2.24) is 10.9 Å². The van der Waals surface area contributed by atoms with Gasteiger partial charge in [-0.15, -0.1) is 0 Å². The monoisotopic (exact) mass is 304 g/mol. The molecule has 1 aromatic carbocycles. The van der Waals surface area contributed by atoms with Gasteiger partial charge in [-0.05, 0) is 23.6 Å². The summed E-state index contributed by atoms with van der Waals surface area (Å²) < 4.78 is 0. The summed E-state index contributed by atoms with van der Waals surface area (Å²) in [6, 6.07) is 3.56. The SMILES string of the molecule is CC(=O)N/N=C\c1cc(C(C)C)cc(/C=N/NC(C)=O)c1O. The van der Waals surface area contributed by atoms with E-state index in [-0.39, 0.29) is 23.5 Å². The Labute approximate surface area is 129 Å². The largest absolute Gasteiger partial charge is 0.507 e. The van der Waals surface area contributed by atoms with Crippen LogP contribution in [0.2, 0.25) is 0 Å². The minimum Gasteiger partial charge on any atom is -0.507 e. The third-order valence-corrected chi connectivity index (χ3v) is 2.71. The van der Waals surface area contributed by atoms with Crippen molar-refractivity contribution >= 4 is 24.2 Å². The van der Waals surface area contributed by atoms with Gasteiger partial charge in [0.05, 0.1) is 12.4 Å². The first-order valence-corrected chi connectivity index (χ1v) is 6.77. The molecule has 0 fully saturated rings. The Morgan fingerprint density at radius 2 is 1.45 bits per heavy atom. The predicted molar refractivity (Wildman–Crippen MR) is 85.0 cm³/mol. The molecule has 0 saturated carbocycles. The van der Waals surface area contributed by atoms with Gasteiger partial charge in [0.25, 0.3) is 0 Å². The van der Waals surface area contributed by atoms with E-state index in [4.69, 9.17) is 0 Å². The summed E-state index contributed by atoms with van der Waals surface area (Å²) in [7, 11) is 0. The van der Waals surface area contributed by atoms with Crippen LogP contribution in [0.1, 0.15) is 50.3 Å². The Morgan fingerprint density at radius 3 is 1.77 bits per heavy atom. The fourth-order valence-electron chi connectivity index (χ4n) is 1.62. The molecule has 118 valence electrons. The number of phenolic OH excluding ortho intramolecular Hbond substituents is 1. The number of carbonyl (C=O) groups is 2. The molecule has 0 atom stereocenters. The van der Waals surface area contributed by atoms with Crippen molar-refractivity contribution in [2.24, 2.45) is 10.2 Å². The predicted octanol–water partition coefficient (Wildman–Crippen LogP) is 1.46. The van der Waals surface area contributed by atoms with Gasteiger partial charge in [-0.1, -0.05) is 13.8 Å². The lowest BCUT2D eigenvalue weighted by Crippen LogP contribution is -2.13. The molecule has 0 aromatic heterocycles. The number of aromatic hydroxyl groups is 1. The van der Waals surface area contributed by atoms with E-state index in [0.717, 1.165) is 5.56 Å². The van der Waals surface area contributed by atoms with E-state index in [0.29, 0.717) is 11.1 Å². The lowest BCUT2D eigenvalue weighted by Gasteiger charge is -2.10. The van der Waals surface area contributed by atoms with Gasteiger partial charge in [-0.2, -0.15) is 10.2 Å². The molecule has 0 saturated heterocycles. The number of hydrazone groups is 2. The number of phenols is 1. The molecule has 0 radical (unpaired) electrons. The molecule has 0 aliphatic rings. The number of hydrogen-bond donors (Lipinski definition) is 3. The minimum atomic E-state index is -0.303. The van der Waals surface area contributed by atoms with Crippen molar-refractivity contribution in [2.45, 2.75) is 33.6 Å². The second-order valence-electron chi connectivity index (χ2n) is 5.06. The van der Waals surface area contributed by atoms with Gasteiger partial charge >= 0.3 is 0 Å². The fourth-order valence-corrected chi connectivity index (χ4v) is 1.62. The number of nitrogens with zero attached hydrogens (tertiary/aromatic N) is 2. The first-order chi connectivity index (χ1) is 10.3. The van der Waals surface area contributed by atoms with Crippen LogP contribution < -0.4 is 10.9 Å². The molecule has 1 aromatic rings. The summed E-state index contributed by atoms with van der Waals surface area (Å²) in [4.78, 5) is 21.6. The van der Waals surface area contributed by atoms with E-state index in [9.17, 15) is 14.7 Å². The molecular weight excluding hydrogens is 284 g/mol. The van der Waals surface area contributed by atoms with Gasteiger partial charge in [-0.25, -0.2) is 10.9 Å². The number of hydrogen-bond acceptors (Lipinski definition) is 5. The van der Waals surface area contributed by atoms with Crippen LogP contribution in [0.4, 0.5) is 0 Å². The molecule has 0 bridgehead atoms. The second-order valence-corrected chi connectivity index (χ2v) is 5.06. The van der Waals surface area contributed by atoms with E-state index in [1.807, 2.05) is 13.8 Å². The minimum absolute atomic E-state index is 0.0346. The van der Waals surface area contributed by atoms with Gasteiger partial charge < -0.3 is 5.11 Å². The quantitative estimate of drug-likeness (QED) is 0.566. The van der Waals surface area contributed by atoms with Crippen molar-refractivity contribution in [3.05, 3.63) is 28.8 Å². The molecule has 0 unspecified atom stereocenters. The topological polar surface area (TPSA) is 103 Å². The summed E-state index contributed by atoms with van der Waals surface area (Å²) in [6.45, 7) is 6.70. The van der Waals surface area contributed by atoms with Gasteiger partial charge in [0, 0.05) is 25.0 Å². The summed E-state index contributed by atoms with van der Waals surface area (Å²) in [5.41, 5.74) is 6.41. The highest BCUT2D eigenvalue weighted by Gasteiger charge is 2.10. The van der Waals surface area contributed by atoms with Crippen LogP contribution in [0, 0.1) is 0 Å². The van der Waals surface area contributed by atoms with Crippen LogP contribution in [0.25, 0.3) is 0 Å². The van der Waals surface area contributed by atoms with Crippen LogP contribution in [0.15, 0.2) is 22.3 Å². The van der Waals surface area contributed by atoms with Crippen molar-refractivity contribution < 1.29 is 14.7 Å². The Morgan fingerprint density at radius 1 is 1.05 bits per heavy atom. The third-order valence-electron chi connectivity index (χ3n) is 2.71. The second kappa shape index (κ2) is 7.92. The maximum Gasteiger partial charge on any atom is 0.236 e. The number of carbonyl (C=O) groups excluding carboxylic acids is 2. The zero-order chi connectivity index (χ0) is 16.7. The molecule has 0 spiro atoms. The molecule has 0 aliphatic carbocycles. The summed E-state index contributed by atoms with van der Waals surface area (Å²) >= 11 is 0. The molecule has 22 heavy (non-hydrogen) atoms. The van der Waals surface area contributed by atoms with Crippen LogP contribution in [-0.4, -0.2) is 29.4 Å². The normalized spacial score (nSPS) is 11.3. The van der Waals surface area contributed by atoms with Crippen molar-refractivity contribution in [3.63, 3.8) is 0 Å². The first-order valence-electron chi connectivity index (χ1n) is 6.77. The summed E-state index contributed by atoms with van der Waals surface area (Å²) in [5.74, 6) is -0.416. The zero-order valence-corrected chi connectivity index (χ0v) is 13.0. The van der Waals surface area contributed by atoms with Crippen molar-refractivity contribution in [2.75, 3.05) is 0 Å². The molecule has 7 nitrogen and oxygen atoms in total. The van der Waals surface area contributed by atoms with E-state index in [1.54, 1.807) is 12.1 Å². The Balaban J connectivity index is 3.17. The Kier molecular flexibility index (Phi) is 6.25. The molecular formula is C15H20N4O3. The summed E-state index contributed by atoms with van der Waals surface area (Å²) in [5, 5.41) is 17.7. The molecule has 0 heterocycles. The van der Waals surface area contributed by atoms with Gasteiger partial charge in [0.2, 0.25) is 11.8 Å². The zero-order valence-electron chi connectivity index (χ0n) is 13.0.